The number of hydrogen-bond donors (Lipinski definition) is 1. The van der Waals surface area contributed by atoms with Gasteiger partial charge in [-0.2, -0.15) is 0 Å². The molecule has 30 heavy (non-hydrogen) atoms. The molecule has 3 aromatic carbocycles. The Labute approximate surface area is 186 Å². The maximum atomic E-state index is 4.78. The number of hydrogen-bond acceptors (Lipinski definition) is 2. The first-order chi connectivity index (χ1) is 14.5. The predicted molar refractivity (Wildman–Crippen MR) is 134 cm³/mol. The van der Waals surface area contributed by atoms with Gasteiger partial charge < -0.3 is 4.30 Å². The molecular formula is C27H33AlN2. The lowest BCUT2D eigenvalue weighted by atomic mass is 10.0. The van der Waals surface area contributed by atoms with Gasteiger partial charge in [-0.3, -0.25) is 4.99 Å². The smallest absolute Gasteiger partial charge is 0.411 e. The molecule has 0 heterocycles. The fraction of sp³-hybridized carbons (Fsp3) is 0.296. The molecule has 1 N–H and O–H groups in total. The third kappa shape index (κ3) is 6.59. The third-order valence-corrected chi connectivity index (χ3v) is 8.30. The Balaban J connectivity index is 1.68. The lowest BCUT2D eigenvalue weighted by molar-refractivity contribution is 0.867. The lowest BCUT2D eigenvalue weighted by Crippen LogP contribution is -2.24. The van der Waals surface area contributed by atoms with Gasteiger partial charge in [0.25, 0.3) is 0 Å². The molecule has 0 saturated heterocycles. The maximum absolute atomic E-state index is 4.78. The average Bonchev–Trinajstić information content (AvgIpc) is 2.76. The average molecular weight is 413 g/mol. The first-order valence-corrected chi connectivity index (χ1v) is 13.3. The zero-order valence-electron chi connectivity index (χ0n) is 18.7. The van der Waals surface area contributed by atoms with Crippen LogP contribution in [-0.2, 0) is 6.42 Å². The van der Waals surface area contributed by atoms with Crippen molar-refractivity contribution >= 4 is 32.0 Å². The number of nitrogens with one attached hydrogen (secondary N) is 1. The number of rotatable bonds is 9. The van der Waals surface area contributed by atoms with Crippen molar-refractivity contribution < 1.29 is 0 Å². The van der Waals surface area contributed by atoms with Crippen LogP contribution in [-0.4, -0.2) is 20.6 Å². The Hall–Kier alpha value is -2.34. The minimum absolute atomic E-state index is 0.518. The molecule has 0 aliphatic heterocycles. The lowest BCUT2D eigenvalue weighted by Gasteiger charge is -2.14. The summed E-state index contributed by atoms with van der Waals surface area (Å²) >= 11 is -1.04. The highest BCUT2D eigenvalue weighted by atomic mass is 27.2. The molecule has 0 spiro atoms. The quantitative estimate of drug-likeness (QED) is 0.285. The summed E-state index contributed by atoms with van der Waals surface area (Å²) in [5, 5.41) is 2.48. The molecule has 0 aromatic heterocycles. The fourth-order valence-corrected chi connectivity index (χ4v) is 5.74. The van der Waals surface area contributed by atoms with E-state index in [0.29, 0.717) is 5.92 Å². The van der Waals surface area contributed by atoms with Gasteiger partial charge in [0.1, 0.15) is 0 Å². The molecule has 0 aliphatic carbocycles. The molecule has 0 saturated carbocycles. The molecule has 3 rings (SSSR count). The van der Waals surface area contributed by atoms with E-state index in [0.717, 1.165) is 12.1 Å². The Morgan fingerprint density at radius 3 is 2.53 bits per heavy atom. The second-order valence-corrected chi connectivity index (χ2v) is 11.4. The van der Waals surface area contributed by atoms with Crippen LogP contribution in [0.5, 0.6) is 0 Å². The van der Waals surface area contributed by atoms with Gasteiger partial charge in [0.05, 0.1) is 5.69 Å². The van der Waals surface area contributed by atoms with Crippen molar-refractivity contribution in [3.63, 3.8) is 0 Å². The van der Waals surface area contributed by atoms with E-state index in [2.05, 4.69) is 105 Å². The van der Waals surface area contributed by atoms with E-state index in [1.165, 1.54) is 38.5 Å². The van der Waals surface area contributed by atoms with Crippen LogP contribution in [0.3, 0.4) is 0 Å². The molecule has 0 aliphatic rings. The Morgan fingerprint density at radius 2 is 1.77 bits per heavy atom. The fourth-order valence-electron chi connectivity index (χ4n) is 3.67. The van der Waals surface area contributed by atoms with E-state index in [-0.39, 0.29) is 0 Å². The first kappa shape index (κ1) is 22.3. The highest BCUT2D eigenvalue weighted by molar-refractivity contribution is 6.62. The van der Waals surface area contributed by atoms with Gasteiger partial charge in [-0.25, -0.2) is 0 Å². The molecule has 3 aromatic rings. The molecule has 154 valence electrons. The molecule has 0 fully saturated rings. The van der Waals surface area contributed by atoms with Crippen molar-refractivity contribution in [1.82, 2.24) is 0 Å². The Bertz CT molecular complexity index is 978. The molecule has 0 amide bonds. The van der Waals surface area contributed by atoms with Crippen LogP contribution >= 0.6 is 0 Å². The monoisotopic (exact) mass is 412 g/mol. The van der Waals surface area contributed by atoms with Gasteiger partial charge in [0.15, 0.2) is 0 Å². The standard InChI is InChI=1S/C18H20N.C7H8N.C2H5.Al/c1-4-15-8-5-6-9-17(15)13-19-18-11-7-10-16(12-18)14(2)3;1-6-3-2-4-7(8)5-6;1-2;/h5-14H,1,4H2,2-3H3;2-5,8H,1H3;1H2,2H3;/q;-1;;+1. The normalized spacial score (nSPS) is 11.2. The number of aryl methyl sites for hydroxylation is 2. The van der Waals surface area contributed by atoms with Crippen molar-refractivity contribution in [2.75, 3.05) is 4.30 Å². The molecular weight excluding hydrogens is 379 g/mol. The topological polar surface area (TPSA) is 24.4 Å². The van der Waals surface area contributed by atoms with E-state index in [1.54, 1.807) is 0 Å². The van der Waals surface area contributed by atoms with Gasteiger partial charge >= 0.3 is 14.4 Å². The van der Waals surface area contributed by atoms with E-state index in [9.17, 15) is 0 Å². The molecule has 0 bridgehead atoms. The second-order valence-electron chi connectivity index (χ2n) is 8.36. The summed E-state index contributed by atoms with van der Waals surface area (Å²) in [6, 6.07) is 26.0. The number of nitrogens with zero attached hydrogens (tertiary/aromatic N) is 1. The second kappa shape index (κ2) is 11.2. The maximum Gasteiger partial charge on any atom is 0.411 e. The van der Waals surface area contributed by atoms with Gasteiger partial charge in [-0.1, -0.05) is 79.9 Å². The molecule has 2 nitrogen and oxygen atoms in total. The zero-order valence-corrected chi connectivity index (χ0v) is 19.9. The largest absolute Gasteiger partial charge is 0.476 e. The van der Waals surface area contributed by atoms with Crippen LogP contribution in [0.2, 0.25) is 10.6 Å². The van der Waals surface area contributed by atoms with Crippen LogP contribution in [0.25, 0.3) is 0 Å². The molecule has 0 unspecified atom stereocenters. The minimum Gasteiger partial charge on any atom is -0.476 e. The molecule has 0 atom stereocenters. The van der Waals surface area contributed by atoms with E-state index in [1.807, 2.05) is 6.21 Å². The van der Waals surface area contributed by atoms with Gasteiger partial charge in [0, 0.05) is 11.9 Å². The highest BCUT2D eigenvalue weighted by Crippen LogP contribution is 2.21. The van der Waals surface area contributed by atoms with Crippen LogP contribution in [0.4, 0.5) is 11.4 Å². The summed E-state index contributed by atoms with van der Waals surface area (Å²) in [4.78, 5) is 4.78. The number of benzene rings is 3. The highest BCUT2D eigenvalue weighted by Gasteiger charge is 2.17. The van der Waals surface area contributed by atoms with E-state index >= 15 is 0 Å². The molecule has 0 radical (unpaired) electrons. The summed E-state index contributed by atoms with van der Waals surface area (Å²) in [6.07, 6.45) is 3.13. The van der Waals surface area contributed by atoms with Crippen molar-refractivity contribution in [2.24, 2.45) is 4.99 Å². The predicted octanol–water partition coefficient (Wildman–Crippen LogP) is 7.54. The van der Waals surface area contributed by atoms with E-state index < -0.39 is 14.4 Å². The summed E-state index contributed by atoms with van der Waals surface area (Å²) in [5.74, 6) is 0.518. The van der Waals surface area contributed by atoms with Gasteiger partial charge in [0.2, 0.25) is 0 Å². The van der Waals surface area contributed by atoms with Crippen molar-refractivity contribution in [1.29, 1.82) is 0 Å². The third-order valence-electron chi connectivity index (χ3n) is 5.59. The Kier molecular flexibility index (Phi) is 8.32. The Morgan fingerprint density at radius 1 is 0.967 bits per heavy atom. The van der Waals surface area contributed by atoms with Gasteiger partial charge in [-0.05, 0) is 65.8 Å². The SMILES string of the molecule is C[CH2][Al]([CH2]Cc1ccccc1C=Nc1cccc(C(C)C)c1)[NH]c1cccc(C)c1. The summed E-state index contributed by atoms with van der Waals surface area (Å²) in [5.41, 5.74) is 7.56. The van der Waals surface area contributed by atoms with Crippen LogP contribution in [0, 0.1) is 6.92 Å². The van der Waals surface area contributed by atoms with Crippen molar-refractivity contribution in [3.8, 4) is 0 Å². The van der Waals surface area contributed by atoms with Crippen molar-refractivity contribution in [2.45, 2.75) is 50.6 Å². The minimum atomic E-state index is -1.04. The van der Waals surface area contributed by atoms with Crippen LogP contribution in [0.15, 0.2) is 77.8 Å². The van der Waals surface area contributed by atoms with Crippen LogP contribution < -0.4 is 4.30 Å². The summed E-state index contributed by atoms with van der Waals surface area (Å²) in [7, 11) is 0. The van der Waals surface area contributed by atoms with Gasteiger partial charge in [-0.15, -0.1) is 0 Å². The first-order valence-electron chi connectivity index (χ1n) is 11.1. The number of anilines is 1. The summed E-state index contributed by atoms with van der Waals surface area (Å²) in [6.45, 7) is 8.91. The molecule has 3 heteroatoms. The van der Waals surface area contributed by atoms with Crippen LogP contribution in [0.1, 0.15) is 48.9 Å². The number of aliphatic imine (C=N–C) groups is 1. The zero-order chi connectivity index (χ0) is 21.3. The van der Waals surface area contributed by atoms with E-state index in [4.69, 9.17) is 4.99 Å². The van der Waals surface area contributed by atoms with Crippen molar-refractivity contribution in [3.05, 3.63) is 95.1 Å². The summed E-state index contributed by atoms with van der Waals surface area (Å²) < 4.78 is 3.84.